The van der Waals surface area contributed by atoms with Crippen LogP contribution in [0.2, 0.25) is 0 Å². The highest BCUT2D eigenvalue weighted by atomic mass is 127. The monoisotopic (exact) mass is 518 g/mol. The van der Waals surface area contributed by atoms with E-state index in [2.05, 4.69) is 25.6 Å². The van der Waals surface area contributed by atoms with Crippen molar-refractivity contribution in [1.82, 2.24) is 25.5 Å². The summed E-state index contributed by atoms with van der Waals surface area (Å²) in [6, 6.07) is 3.47. The Balaban J connectivity index is 0.00000392. The third-order valence-electron chi connectivity index (χ3n) is 3.86. The molecule has 0 aliphatic rings. The van der Waals surface area contributed by atoms with Gasteiger partial charge in [-0.1, -0.05) is 0 Å². The van der Waals surface area contributed by atoms with Gasteiger partial charge in [0.25, 0.3) is 5.91 Å². The molecule has 0 saturated heterocycles. The van der Waals surface area contributed by atoms with Crippen LogP contribution in [0.25, 0.3) is 0 Å². The largest absolute Gasteiger partial charge is 0.375 e. The zero-order valence-corrected chi connectivity index (χ0v) is 19.7. The molecule has 8 nitrogen and oxygen atoms in total. The van der Waals surface area contributed by atoms with Gasteiger partial charge in [0.2, 0.25) is 0 Å². The molecular weight excluding hydrogens is 491 g/mol. The van der Waals surface area contributed by atoms with Crippen LogP contribution >= 0.6 is 35.3 Å². The second-order valence-corrected chi connectivity index (χ2v) is 6.77. The minimum Gasteiger partial charge on any atom is -0.375 e. The van der Waals surface area contributed by atoms with Gasteiger partial charge in [0.05, 0.1) is 17.8 Å². The van der Waals surface area contributed by atoms with Crippen molar-refractivity contribution in [2.24, 2.45) is 4.99 Å². The van der Waals surface area contributed by atoms with Crippen molar-refractivity contribution in [3.63, 3.8) is 0 Å². The smallest absolute Gasteiger partial charge is 0.252 e. The summed E-state index contributed by atoms with van der Waals surface area (Å²) < 4.78 is 5.30. The summed E-state index contributed by atoms with van der Waals surface area (Å²) >= 11 is 1.59. The number of nitrogens with one attached hydrogen (secondary N) is 2. The van der Waals surface area contributed by atoms with E-state index in [1.54, 1.807) is 50.0 Å². The maximum Gasteiger partial charge on any atom is 0.252 e. The summed E-state index contributed by atoms with van der Waals surface area (Å²) in [6.07, 6.45) is 3.18. The second-order valence-electron chi connectivity index (χ2n) is 5.88. The molecule has 2 aromatic rings. The minimum absolute atomic E-state index is 0. The molecule has 1 atom stereocenters. The quantitative estimate of drug-likeness (QED) is 0.241. The standard InChI is InChI=1S/C18H26N6O2S.HI/c1-13(26-4)17-23-15(12-27-17)11-24(3)18(19-2)22-9-8-21-16(25)14-6-5-7-20-10-14;/h5-7,10,12-13H,8-9,11H2,1-4H3,(H,19,22)(H,21,25);1H. The Morgan fingerprint density at radius 1 is 1.39 bits per heavy atom. The SMILES string of the molecule is CN=C(NCCNC(=O)c1cccnc1)N(C)Cc1csc(C(C)OC)n1.I. The highest BCUT2D eigenvalue weighted by molar-refractivity contribution is 14.0. The van der Waals surface area contributed by atoms with Crippen LogP contribution in [0.4, 0.5) is 0 Å². The number of carbonyl (C=O) groups is 1. The van der Waals surface area contributed by atoms with Crippen LogP contribution in [-0.4, -0.2) is 61.0 Å². The van der Waals surface area contributed by atoms with Gasteiger partial charge in [0.15, 0.2) is 5.96 Å². The Kier molecular flexibility index (Phi) is 10.9. The predicted octanol–water partition coefficient (Wildman–Crippen LogP) is 2.30. The van der Waals surface area contributed by atoms with Gasteiger partial charge >= 0.3 is 0 Å². The van der Waals surface area contributed by atoms with Crippen molar-refractivity contribution in [3.8, 4) is 0 Å². The van der Waals surface area contributed by atoms with Crippen LogP contribution in [-0.2, 0) is 11.3 Å². The van der Waals surface area contributed by atoms with Crippen molar-refractivity contribution in [3.05, 3.63) is 46.2 Å². The number of guanidine groups is 1. The number of aliphatic imine (C=N–C) groups is 1. The van der Waals surface area contributed by atoms with Gasteiger partial charge in [-0.15, -0.1) is 35.3 Å². The second kappa shape index (κ2) is 12.6. The maximum atomic E-state index is 12.0. The van der Waals surface area contributed by atoms with E-state index in [1.165, 1.54) is 0 Å². The lowest BCUT2D eigenvalue weighted by Gasteiger charge is -2.21. The maximum absolute atomic E-state index is 12.0. The minimum atomic E-state index is -0.143. The fraction of sp³-hybridized carbons (Fsp3) is 0.444. The Bertz CT molecular complexity index is 756. The molecule has 0 fully saturated rings. The lowest BCUT2D eigenvalue weighted by atomic mass is 10.3. The first-order valence-electron chi connectivity index (χ1n) is 8.62. The zero-order valence-electron chi connectivity index (χ0n) is 16.5. The predicted molar refractivity (Wildman–Crippen MR) is 122 cm³/mol. The Hall–Kier alpha value is -1.79. The van der Waals surface area contributed by atoms with E-state index in [1.807, 2.05) is 24.3 Å². The van der Waals surface area contributed by atoms with Crippen LogP contribution in [0.1, 0.15) is 34.1 Å². The van der Waals surface area contributed by atoms with Gasteiger partial charge in [-0.25, -0.2) is 4.98 Å². The first-order chi connectivity index (χ1) is 13.0. The number of hydrogen-bond donors (Lipinski definition) is 2. The molecule has 10 heteroatoms. The summed E-state index contributed by atoms with van der Waals surface area (Å²) in [7, 11) is 5.35. The van der Waals surface area contributed by atoms with Crippen molar-refractivity contribution in [2.45, 2.75) is 19.6 Å². The van der Waals surface area contributed by atoms with Crippen molar-refractivity contribution in [1.29, 1.82) is 0 Å². The molecule has 2 heterocycles. The molecule has 0 saturated carbocycles. The molecular formula is C18H27IN6O2S. The van der Waals surface area contributed by atoms with E-state index in [4.69, 9.17) is 4.74 Å². The van der Waals surface area contributed by atoms with Crippen molar-refractivity contribution >= 4 is 47.2 Å². The molecule has 2 rings (SSSR count). The highest BCUT2D eigenvalue weighted by Crippen LogP contribution is 2.20. The number of ether oxygens (including phenoxy) is 1. The average Bonchev–Trinajstić information content (AvgIpc) is 3.16. The van der Waals surface area contributed by atoms with Gasteiger partial charge in [-0.2, -0.15) is 0 Å². The van der Waals surface area contributed by atoms with E-state index in [-0.39, 0.29) is 36.0 Å². The van der Waals surface area contributed by atoms with Gasteiger partial charge < -0.3 is 20.3 Å². The average molecular weight is 518 g/mol. The number of thiazole rings is 1. The van der Waals surface area contributed by atoms with E-state index in [0.717, 1.165) is 16.7 Å². The molecule has 0 aliphatic carbocycles. The van der Waals surface area contributed by atoms with E-state index in [0.29, 0.717) is 25.2 Å². The molecule has 2 aromatic heterocycles. The van der Waals surface area contributed by atoms with Crippen LogP contribution < -0.4 is 10.6 Å². The highest BCUT2D eigenvalue weighted by Gasteiger charge is 2.12. The van der Waals surface area contributed by atoms with Crippen molar-refractivity contribution in [2.75, 3.05) is 34.3 Å². The summed E-state index contributed by atoms with van der Waals surface area (Å²) in [5.41, 5.74) is 1.51. The molecule has 2 N–H and O–H groups in total. The van der Waals surface area contributed by atoms with Crippen LogP contribution in [0.3, 0.4) is 0 Å². The number of carbonyl (C=O) groups excluding carboxylic acids is 1. The molecule has 1 unspecified atom stereocenters. The third-order valence-corrected chi connectivity index (χ3v) is 4.92. The summed E-state index contributed by atoms with van der Waals surface area (Å²) in [5, 5.41) is 9.07. The van der Waals surface area contributed by atoms with Gasteiger partial charge in [0, 0.05) is 52.1 Å². The lowest BCUT2D eigenvalue weighted by molar-refractivity contribution is 0.0954. The third kappa shape index (κ3) is 7.32. The fourth-order valence-corrected chi connectivity index (χ4v) is 3.18. The van der Waals surface area contributed by atoms with Gasteiger partial charge in [0.1, 0.15) is 11.1 Å². The number of nitrogens with zero attached hydrogens (tertiary/aromatic N) is 4. The summed E-state index contributed by atoms with van der Waals surface area (Å²) in [4.78, 5) is 26.8. The van der Waals surface area contributed by atoms with E-state index >= 15 is 0 Å². The van der Waals surface area contributed by atoms with E-state index in [9.17, 15) is 4.79 Å². The molecule has 1 amide bonds. The zero-order chi connectivity index (χ0) is 19.6. The number of rotatable bonds is 8. The number of halogens is 1. The fourth-order valence-electron chi connectivity index (χ4n) is 2.33. The number of aromatic nitrogens is 2. The summed E-state index contributed by atoms with van der Waals surface area (Å²) in [6.45, 7) is 3.65. The van der Waals surface area contributed by atoms with Crippen LogP contribution in [0.5, 0.6) is 0 Å². The number of amides is 1. The number of methoxy groups -OCH3 is 1. The normalized spacial score (nSPS) is 12.1. The lowest BCUT2D eigenvalue weighted by Crippen LogP contribution is -2.42. The topological polar surface area (TPSA) is 91.7 Å². The Morgan fingerprint density at radius 3 is 2.79 bits per heavy atom. The molecule has 0 spiro atoms. The Labute approximate surface area is 186 Å². The number of hydrogen-bond acceptors (Lipinski definition) is 6. The first kappa shape index (κ1) is 24.2. The molecule has 154 valence electrons. The molecule has 28 heavy (non-hydrogen) atoms. The number of pyridine rings is 1. The molecule has 0 aliphatic heterocycles. The van der Waals surface area contributed by atoms with Crippen LogP contribution in [0, 0.1) is 0 Å². The molecule has 0 aromatic carbocycles. The van der Waals surface area contributed by atoms with Crippen molar-refractivity contribution < 1.29 is 9.53 Å². The molecule has 0 radical (unpaired) electrons. The van der Waals surface area contributed by atoms with Gasteiger partial charge in [-0.05, 0) is 19.1 Å². The van der Waals surface area contributed by atoms with Gasteiger partial charge in [-0.3, -0.25) is 14.8 Å². The molecule has 0 bridgehead atoms. The van der Waals surface area contributed by atoms with E-state index < -0.39 is 0 Å². The van der Waals surface area contributed by atoms with Crippen LogP contribution in [0.15, 0.2) is 34.9 Å². The first-order valence-corrected chi connectivity index (χ1v) is 9.50. The Morgan fingerprint density at radius 2 is 2.14 bits per heavy atom. The summed E-state index contributed by atoms with van der Waals surface area (Å²) in [5.74, 6) is 0.593.